The molecule has 88 valence electrons. The summed E-state index contributed by atoms with van der Waals surface area (Å²) in [6, 6.07) is -0.0488. The van der Waals surface area contributed by atoms with E-state index < -0.39 is 15.7 Å². The van der Waals surface area contributed by atoms with Gasteiger partial charge in [-0.25, -0.2) is 9.97 Å². The molecule has 1 heterocycles. The van der Waals surface area contributed by atoms with E-state index in [-0.39, 0.29) is 11.7 Å². The zero-order valence-corrected chi connectivity index (χ0v) is 9.73. The maximum Gasteiger partial charge on any atom is 0.305 e. The first-order valence-corrected chi connectivity index (χ1v) is 6.24. The van der Waals surface area contributed by atoms with Gasteiger partial charge in [0, 0.05) is 28.9 Å². The molecule has 0 aliphatic rings. The van der Waals surface area contributed by atoms with Crippen molar-refractivity contribution in [2.45, 2.75) is 13.0 Å². The van der Waals surface area contributed by atoms with Crippen molar-refractivity contribution in [1.82, 2.24) is 9.97 Å². The molecule has 2 unspecified atom stereocenters. The molecule has 0 amide bonds. The largest absolute Gasteiger partial charge is 0.351 e. The molecule has 8 heteroatoms. The molecule has 0 spiro atoms. The Morgan fingerprint density at radius 2 is 2.12 bits per heavy atom. The molecule has 0 bridgehead atoms. The van der Waals surface area contributed by atoms with Crippen LogP contribution in [0.1, 0.15) is 6.92 Å². The lowest BCUT2D eigenvalue weighted by Crippen LogP contribution is -2.23. The van der Waals surface area contributed by atoms with Gasteiger partial charge in [0.2, 0.25) is 5.95 Å². The van der Waals surface area contributed by atoms with Gasteiger partial charge in [0.05, 0.1) is 4.92 Å². The Morgan fingerprint density at radius 1 is 1.56 bits per heavy atom. The van der Waals surface area contributed by atoms with Gasteiger partial charge in [-0.1, -0.05) is 0 Å². The summed E-state index contributed by atoms with van der Waals surface area (Å²) in [6.45, 7) is 1.84. The summed E-state index contributed by atoms with van der Waals surface area (Å²) < 4.78 is 10.9. The topological polar surface area (TPSA) is 98.0 Å². The molecule has 0 saturated heterocycles. The standard InChI is InChI=1S/C8H12N4O3S/c1-6(5-16(2)15)11-8-9-3-7(4-10-8)12(13)14/h3-4,6H,5H2,1-2H3,(H,9,10,11). The van der Waals surface area contributed by atoms with Crippen molar-refractivity contribution in [1.29, 1.82) is 0 Å². The van der Waals surface area contributed by atoms with Crippen LogP contribution in [-0.4, -0.2) is 37.2 Å². The molecule has 0 saturated carbocycles. The fourth-order valence-electron chi connectivity index (χ4n) is 1.10. The molecule has 1 N–H and O–H groups in total. The molecular formula is C8H12N4O3S. The van der Waals surface area contributed by atoms with Crippen molar-refractivity contribution in [2.24, 2.45) is 0 Å². The van der Waals surface area contributed by atoms with Gasteiger partial charge >= 0.3 is 5.69 Å². The molecule has 0 fully saturated rings. The normalized spacial score (nSPS) is 14.1. The van der Waals surface area contributed by atoms with Crippen molar-refractivity contribution >= 4 is 22.4 Å². The molecule has 7 nitrogen and oxygen atoms in total. The fourth-order valence-corrected chi connectivity index (χ4v) is 1.89. The van der Waals surface area contributed by atoms with E-state index >= 15 is 0 Å². The second kappa shape index (κ2) is 5.50. The number of nitrogens with one attached hydrogen (secondary N) is 1. The third-order valence-corrected chi connectivity index (χ3v) is 2.68. The van der Waals surface area contributed by atoms with Crippen LogP contribution in [0.15, 0.2) is 12.4 Å². The van der Waals surface area contributed by atoms with Crippen LogP contribution in [0, 0.1) is 10.1 Å². The van der Waals surface area contributed by atoms with Crippen molar-refractivity contribution < 1.29 is 9.13 Å². The van der Waals surface area contributed by atoms with E-state index in [0.29, 0.717) is 11.7 Å². The lowest BCUT2D eigenvalue weighted by Gasteiger charge is -2.11. The smallest absolute Gasteiger partial charge is 0.305 e. The highest BCUT2D eigenvalue weighted by Crippen LogP contribution is 2.08. The Morgan fingerprint density at radius 3 is 2.56 bits per heavy atom. The van der Waals surface area contributed by atoms with Crippen LogP contribution in [0.3, 0.4) is 0 Å². The SMILES string of the molecule is CC(CS(C)=O)Nc1ncc([N+](=O)[O-])cn1. The van der Waals surface area contributed by atoms with E-state index in [2.05, 4.69) is 15.3 Å². The Hall–Kier alpha value is -1.57. The van der Waals surface area contributed by atoms with E-state index in [0.717, 1.165) is 12.4 Å². The lowest BCUT2D eigenvalue weighted by molar-refractivity contribution is -0.385. The summed E-state index contributed by atoms with van der Waals surface area (Å²) in [5.74, 6) is 0.768. The number of hydrogen-bond donors (Lipinski definition) is 1. The van der Waals surface area contributed by atoms with Gasteiger partial charge in [-0.15, -0.1) is 0 Å². The van der Waals surface area contributed by atoms with Crippen LogP contribution in [0.4, 0.5) is 11.6 Å². The predicted molar refractivity (Wildman–Crippen MR) is 60.7 cm³/mol. The second-order valence-corrected chi connectivity index (χ2v) is 4.79. The average Bonchev–Trinajstić information content (AvgIpc) is 2.16. The molecule has 1 aromatic rings. The molecule has 1 rings (SSSR count). The van der Waals surface area contributed by atoms with Crippen LogP contribution >= 0.6 is 0 Å². The number of nitrogens with zero attached hydrogens (tertiary/aromatic N) is 3. The van der Waals surface area contributed by atoms with Gasteiger partial charge in [-0.2, -0.15) is 0 Å². The summed E-state index contributed by atoms with van der Waals surface area (Å²) >= 11 is 0. The minimum absolute atomic E-state index is 0.0488. The summed E-state index contributed by atoms with van der Waals surface area (Å²) in [7, 11) is -0.907. The molecule has 0 aliphatic carbocycles. The minimum atomic E-state index is -0.907. The van der Waals surface area contributed by atoms with Gasteiger partial charge in [-0.3, -0.25) is 14.3 Å². The maximum atomic E-state index is 10.9. The van der Waals surface area contributed by atoms with E-state index in [9.17, 15) is 14.3 Å². The Labute approximate surface area is 94.9 Å². The highest BCUT2D eigenvalue weighted by atomic mass is 32.2. The predicted octanol–water partition coefficient (Wildman–Crippen LogP) is 0.564. The van der Waals surface area contributed by atoms with Gasteiger partial charge in [0.1, 0.15) is 12.4 Å². The third-order valence-electron chi connectivity index (χ3n) is 1.71. The lowest BCUT2D eigenvalue weighted by atomic mass is 10.4. The highest BCUT2D eigenvalue weighted by Gasteiger charge is 2.09. The van der Waals surface area contributed by atoms with Crippen molar-refractivity contribution in [3.8, 4) is 0 Å². The molecule has 1 aromatic heterocycles. The number of hydrogen-bond acceptors (Lipinski definition) is 6. The molecule has 2 atom stereocenters. The zero-order chi connectivity index (χ0) is 12.1. The molecule has 0 aromatic carbocycles. The van der Waals surface area contributed by atoms with Gasteiger partial charge in [0.15, 0.2) is 0 Å². The van der Waals surface area contributed by atoms with Gasteiger partial charge < -0.3 is 5.32 Å². The first-order chi connectivity index (χ1) is 7.49. The fraction of sp³-hybridized carbons (Fsp3) is 0.500. The van der Waals surface area contributed by atoms with Crippen LogP contribution < -0.4 is 5.32 Å². The molecule has 0 radical (unpaired) electrons. The number of anilines is 1. The van der Waals surface area contributed by atoms with Crippen LogP contribution in [0.25, 0.3) is 0 Å². The van der Waals surface area contributed by atoms with E-state index in [1.165, 1.54) is 0 Å². The average molecular weight is 244 g/mol. The summed E-state index contributed by atoms with van der Waals surface area (Å²) in [6.07, 6.45) is 3.87. The summed E-state index contributed by atoms with van der Waals surface area (Å²) in [4.78, 5) is 17.4. The van der Waals surface area contributed by atoms with E-state index in [1.54, 1.807) is 6.26 Å². The first-order valence-electron chi connectivity index (χ1n) is 4.52. The van der Waals surface area contributed by atoms with Crippen molar-refractivity contribution in [3.05, 3.63) is 22.5 Å². The maximum absolute atomic E-state index is 10.9. The number of nitro groups is 1. The summed E-state index contributed by atoms with van der Waals surface area (Å²) in [5.41, 5.74) is -0.155. The second-order valence-electron chi connectivity index (χ2n) is 3.31. The van der Waals surface area contributed by atoms with Crippen LogP contribution in [-0.2, 0) is 10.8 Å². The van der Waals surface area contributed by atoms with E-state index in [1.807, 2.05) is 6.92 Å². The highest BCUT2D eigenvalue weighted by molar-refractivity contribution is 7.84. The van der Waals surface area contributed by atoms with Gasteiger partial charge in [0.25, 0.3) is 0 Å². The van der Waals surface area contributed by atoms with Crippen molar-refractivity contribution in [3.63, 3.8) is 0 Å². The monoisotopic (exact) mass is 244 g/mol. The van der Waals surface area contributed by atoms with Crippen molar-refractivity contribution in [2.75, 3.05) is 17.3 Å². The Kier molecular flexibility index (Phi) is 4.29. The number of aromatic nitrogens is 2. The molecule has 16 heavy (non-hydrogen) atoms. The Bertz CT molecular complexity index is 395. The van der Waals surface area contributed by atoms with Crippen LogP contribution in [0.2, 0.25) is 0 Å². The van der Waals surface area contributed by atoms with Crippen LogP contribution in [0.5, 0.6) is 0 Å². The van der Waals surface area contributed by atoms with E-state index in [4.69, 9.17) is 0 Å². The zero-order valence-electron chi connectivity index (χ0n) is 8.91. The van der Waals surface area contributed by atoms with Gasteiger partial charge in [-0.05, 0) is 6.92 Å². The number of rotatable bonds is 5. The minimum Gasteiger partial charge on any atom is -0.351 e. The third kappa shape index (κ3) is 3.89. The quantitative estimate of drug-likeness (QED) is 0.600. The Balaban J connectivity index is 2.61. The first kappa shape index (κ1) is 12.5. The summed E-state index contributed by atoms with van der Waals surface area (Å²) in [5, 5.41) is 13.2. The molecular weight excluding hydrogens is 232 g/mol. The molecule has 0 aliphatic heterocycles.